The molecule has 0 aromatic heterocycles. The molecule has 1 amide bonds. The first-order chi connectivity index (χ1) is 11.6. The van der Waals surface area contributed by atoms with Crippen molar-refractivity contribution < 1.29 is 13.2 Å². The predicted molar refractivity (Wildman–Crippen MR) is 100 cm³/mol. The van der Waals surface area contributed by atoms with Crippen LogP contribution in [0.2, 0.25) is 0 Å². The molecule has 0 spiro atoms. The highest BCUT2D eigenvalue weighted by Gasteiger charge is 2.30. The average molecular weight is 367 g/mol. The first kappa shape index (κ1) is 19.9. The maximum Gasteiger partial charge on any atom is 0.237 e. The summed E-state index contributed by atoms with van der Waals surface area (Å²) in [5.74, 6) is 0.168. The molecule has 1 fully saturated rings. The van der Waals surface area contributed by atoms with Gasteiger partial charge in [0.15, 0.2) is 9.84 Å². The molecule has 1 aromatic rings. The third kappa shape index (κ3) is 4.82. The van der Waals surface area contributed by atoms with Gasteiger partial charge in [0.25, 0.3) is 0 Å². The summed E-state index contributed by atoms with van der Waals surface area (Å²) >= 11 is 0. The molecule has 1 heterocycles. The summed E-state index contributed by atoms with van der Waals surface area (Å²) in [5.41, 5.74) is 1.00. The molecule has 6 heteroatoms. The van der Waals surface area contributed by atoms with Crippen LogP contribution in [0.4, 0.5) is 0 Å². The number of likely N-dealkylation sites (N-methyl/N-ethyl adjacent to an activating group) is 1. The normalized spacial score (nSPS) is 22.9. The minimum Gasteiger partial charge on any atom is -0.336 e. The van der Waals surface area contributed by atoms with E-state index in [0.717, 1.165) is 18.4 Å². The van der Waals surface area contributed by atoms with Gasteiger partial charge in [-0.25, -0.2) is 8.42 Å². The van der Waals surface area contributed by atoms with Gasteiger partial charge in [0.05, 0.1) is 11.4 Å². The number of carbonyl (C=O) groups is 1. The fourth-order valence-corrected chi connectivity index (χ4v) is 4.22. The van der Waals surface area contributed by atoms with Crippen LogP contribution in [0.1, 0.15) is 51.6 Å². The molecule has 0 bridgehead atoms. The van der Waals surface area contributed by atoms with E-state index in [2.05, 4.69) is 13.8 Å². The van der Waals surface area contributed by atoms with E-state index in [1.807, 2.05) is 35.9 Å². The highest BCUT2D eigenvalue weighted by molar-refractivity contribution is 7.90. The number of hydrogen-bond donors (Lipinski definition) is 0. The maximum absolute atomic E-state index is 12.8. The zero-order valence-corrected chi connectivity index (χ0v) is 16.7. The monoisotopic (exact) mass is 366 g/mol. The Labute approximate surface area is 151 Å². The van der Waals surface area contributed by atoms with Crippen LogP contribution in [0.15, 0.2) is 29.2 Å². The summed E-state index contributed by atoms with van der Waals surface area (Å²) < 4.78 is 23.1. The lowest BCUT2D eigenvalue weighted by Crippen LogP contribution is -2.50. The number of benzene rings is 1. The second kappa shape index (κ2) is 7.87. The quantitative estimate of drug-likeness (QED) is 0.804. The number of likely N-dealkylation sites (tertiary alicyclic amines) is 1. The van der Waals surface area contributed by atoms with E-state index in [4.69, 9.17) is 0 Å². The molecule has 25 heavy (non-hydrogen) atoms. The van der Waals surface area contributed by atoms with Gasteiger partial charge in [0.1, 0.15) is 0 Å². The summed E-state index contributed by atoms with van der Waals surface area (Å²) in [6.07, 6.45) is 4.53. The first-order valence-corrected chi connectivity index (χ1v) is 10.8. The van der Waals surface area contributed by atoms with E-state index < -0.39 is 9.84 Å². The zero-order valence-electron chi connectivity index (χ0n) is 15.9. The van der Waals surface area contributed by atoms with Crippen molar-refractivity contribution in [3.63, 3.8) is 0 Å². The van der Waals surface area contributed by atoms with E-state index in [1.165, 1.54) is 12.7 Å². The Kier molecular flexibility index (Phi) is 6.27. The van der Waals surface area contributed by atoms with Crippen molar-refractivity contribution in [2.24, 2.45) is 0 Å². The lowest BCUT2D eigenvalue weighted by atomic mass is 9.97. The fourth-order valence-electron chi connectivity index (χ4n) is 3.59. The molecule has 2 rings (SSSR count). The highest BCUT2D eigenvalue weighted by atomic mass is 32.2. The van der Waals surface area contributed by atoms with E-state index in [9.17, 15) is 13.2 Å². The summed E-state index contributed by atoms with van der Waals surface area (Å²) in [6.45, 7) is 6.65. The first-order valence-electron chi connectivity index (χ1n) is 8.92. The van der Waals surface area contributed by atoms with Crippen molar-refractivity contribution in [2.45, 2.75) is 63.1 Å². The van der Waals surface area contributed by atoms with Crippen LogP contribution in [-0.2, 0) is 14.6 Å². The van der Waals surface area contributed by atoms with E-state index in [0.29, 0.717) is 23.5 Å². The van der Waals surface area contributed by atoms with Gasteiger partial charge < -0.3 is 4.90 Å². The largest absolute Gasteiger partial charge is 0.336 e. The van der Waals surface area contributed by atoms with Crippen molar-refractivity contribution in [3.8, 4) is 0 Å². The van der Waals surface area contributed by atoms with Crippen LogP contribution in [0.25, 0.3) is 0 Å². The average Bonchev–Trinajstić information content (AvgIpc) is 2.53. The van der Waals surface area contributed by atoms with Crippen molar-refractivity contribution in [2.75, 3.05) is 19.8 Å². The van der Waals surface area contributed by atoms with Gasteiger partial charge in [-0.1, -0.05) is 12.1 Å². The third-order valence-corrected chi connectivity index (χ3v) is 6.45. The fraction of sp³-hybridized carbons (Fsp3) is 0.632. The highest BCUT2D eigenvalue weighted by Crippen LogP contribution is 2.24. The standard InChI is InChI=1S/C19H30N2O3S/c1-14-7-6-8-15(2)21(14)19(22)13-20(4)16(3)17-9-11-18(12-10-17)25(5,23)24/h9-12,14-16H,6-8,13H2,1-5H3/t14-,15-,16-/m0/s1. The summed E-state index contributed by atoms with van der Waals surface area (Å²) in [6, 6.07) is 7.55. The molecular weight excluding hydrogens is 336 g/mol. The van der Waals surface area contributed by atoms with Crippen molar-refractivity contribution in [1.29, 1.82) is 0 Å². The second-order valence-electron chi connectivity index (χ2n) is 7.36. The van der Waals surface area contributed by atoms with E-state index in [-0.39, 0.29) is 11.9 Å². The molecule has 5 nitrogen and oxygen atoms in total. The number of sulfone groups is 1. The number of nitrogens with zero attached hydrogens (tertiary/aromatic N) is 2. The van der Waals surface area contributed by atoms with Crippen LogP contribution in [-0.4, -0.2) is 56.1 Å². The Balaban J connectivity index is 2.04. The molecule has 1 aromatic carbocycles. The smallest absolute Gasteiger partial charge is 0.237 e. The van der Waals surface area contributed by atoms with Gasteiger partial charge in [-0.05, 0) is 64.8 Å². The van der Waals surface area contributed by atoms with Crippen LogP contribution in [0.5, 0.6) is 0 Å². The van der Waals surface area contributed by atoms with Crippen LogP contribution >= 0.6 is 0 Å². The third-order valence-electron chi connectivity index (χ3n) is 5.32. The van der Waals surface area contributed by atoms with Crippen molar-refractivity contribution >= 4 is 15.7 Å². The van der Waals surface area contributed by atoms with E-state index in [1.54, 1.807) is 12.1 Å². The van der Waals surface area contributed by atoms with Gasteiger partial charge in [0.2, 0.25) is 5.91 Å². The number of hydrogen-bond acceptors (Lipinski definition) is 4. The number of carbonyl (C=O) groups excluding carboxylic acids is 1. The van der Waals surface area contributed by atoms with Gasteiger partial charge in [-0.3, -0.25) is 9.69 Å². The molecule has 0 radical (unpaired) electrons. The van der Waals surface area contributed by atoms with Crippen LogP contribution in [0.3, 0.4) is 0 Å². The second-order valence-corrected chi connectivity index (χ2v) is 9.38. The lowest BCUT2D eigenvalue weighted by Gasteiger charge is -2.40. The topological polar surface area (TPSA) is 57.7 Å². The van der Waals surface area contributed by atoms with Gasteiger partial charge in [-0.15, -0.1) is 0 Å². The minimum atomic E-state index is -3.19. The number of piperidine rings is 1. The molecular formula is C19H30N2O3S. The SMILES string of the molecule is C[C@@H](c1ccc(S(C)(=O)=O)cc1)N(C)CC(=O)N1[C@@H](C)CCC[C@@H]1C. The molecule has 0 saturated carbocycles. The van der Waals surface area contributed by atoms with Crippen LogP contribution in [0, 0.1) is 0 Å². The molecule has 3 atom stereocenters. The molecule has 0 unspecified atom stereocenters. The molecule has 0 N–H and O–H groups in total. The Morgan fingerprint density at radius 2 is 1.72 bits per heavy atom. The minimum absolute atomic E-state index is 0.0352. The summed E-state index contributed by atoms with van der Waals surface area (Å²) in [4.78, 5) is 17.1. The molecule has 1 aliphatic heterocycles. The van der Waals surface area contributed by atoms with Gasteiger partial charge in [0, 0.05) is 24.4 Å². The van der Waals surface area contributed by atoms with E-state index >= 15 is 0 Å². The number of amides is 1. The van der Waals surface area contributed by atoms with Crippen LogP contribution < -0.4 is 0 Å². The Bertz CT molecular complexity index is 690. The lowest BCUT2D eigenvalue weighted by molar-refractivity contribution is -0.138. The summed E-state index contributed by atoms with van der Waals surface area (Å²) in [7, 11) is -1.25. The Morgan fingerprint density at radius 3 is 2.20 bits per heavy atom. The summed E-state index contributed by atoms with van der Waals surface area (Å²) in [5, 5.41) is 0. The van der Waals surface area contributed by atoms with Crippen molar-refractivity contribution in [3.05, 3.63) is 29.8 Å². The molecule has 1 saturated heterocycles. The molecule has 1 aliphatic rings. The maximum atomic E-state index is 12.8. The zero-order chi connectivity index (χ0) is 18.8. The molecule has 140 valence electrons. The van der Waals surface area contributed by atoms with Crippen molar-refractivity contribution in [1.82, 2.24) is 9.80 Å². The predicted octanol–water partition coefficient (Wildman–Crippen LogP) is 2.87. The Morgan fingerprint density at radius 1 is 1.20 bits per heavy atom. The van der Waals surface area contributed by atoms with Gasteiger partial charge in [-0.2, -0.15) is 0 Å². The Hall–Kier alpha value is -1.40. The van der Waals surface area contributed by atoms with Gasteiger partial charge >= 0.3 is 0 Å². The molecule has 0 aliphatic carbocycles. The number of rotatable bonds is 5.